The lowest BCUT2D eigenvalue weighted by Crippen LogP contribution is -2.29. The van der Waals surface area contributed by atoms with Crippen LogP contribution in [0, 0.1) is 0 Å². The second kappa shape index (κ2) is 9.04. The van der Waals surface area contributed by atoms with Gasteiger partial charge >= 0.3 is 12.2 Å². The monoisotopic (exact) mass is 557 g/mol. The summed E-state index contributed by atoms with van der Waals surface area (Å²) in [6, 6.07) is 9.04. The number of H-pyrrole nitrogens is 1. The molecule has 0 aliphatic carbocycles. The van der Waals surface area contributed by atoms with Crippen LogP contribution in [0.5, 0.6) is 11.8 Å². The first kappa shape index (κ1) is 24.2. The normalized spacial score (nSPS) is 13.4. The highest BCUT2D eigenvalue weighted by molar-refractivity contribution is 9.10. The van der Waals surface area contributed by atoms with Gasteiger partial charge in [0, 0.05) is 28.8 Å². The summed E-state index contributed by atoms with van der Waals surface area (Å²) in [4.78, 5) is 2.76. The predicted octanol–water partition coefficient (Wildman–Crippen LogP) is 5.39. The molecule has 0 spiro atoms. The van der Waals surface area contributed by atoms with Crippen LogP contribution >= 0.6 is 15.9 Å². The van der Waals surface area contributed by atoms with Gasteiger partial charge in [0.25, 0.3) is 0 Å². The van der Waals surface area contributed by atoms with E-state index in [1.807, 2.05) is 25.3 Å². The van der Waals surface area contributed by atoms with Crippen molar-refractivity contribution < 1.29 is 26.3 Å². The number of nitrogens with zero attached hydrogens (tertiary/aromatic N) is 3. The molecule has 34 heavy (non-hydrogen) atoms. The molecule has 0 radical (unpaired) electrons. The topological polar surface area (TPSA) is 102 Å². The molecule has 0 saturated heterocycles. The second-order valence-electron chi connectivity index (χ2n) is 7.40. The van der Waals surface area contributed by atoms with E-state index in [4.69, 9.17) is 4.74 Å². The van der Waals surface area contributed by atoms with E-state index in [1.165, 1.54) is 0 Å². The van der Waals surface area contributed by atoms with Gasteiger partial charge in [0.1, 0.15) is 5.75 Å². The molecule has 0 amide bonds. The van der Waals surface area contributed by atoms with E-state index in [0.29, 0.717) is 18.4 Å². The Labute approximate surface area is 201 Å². The van der Waals surface area contributed by atoms with Gasteiger partial charge in [-0.1, -0.05) is 5.10 Å². The molecule has 8 nitrogen and oxygen atoms in total. The molecule has 0 aliphatic rings. The van der Waals surface area contributed by atoms with Gasteiger partial charge in [-0.05, 0) is 71.6 Å². The Bertz CT molecular complexity index is 1450. The molecule has 4 aromatic rings. The van der Waals surface area contributed by atoms with Crippen molar-refractivity contribution in [2.75, 3.05) is 0 Å². The van der Waals surface area contributed by atoms with Crippen LogP contribution in [0.1, 0.15) is 31.3 Å². The molecule has 180 valence electrons. The summed E-state index contributed by atoms with van der Waals surface area (Å²) in [6.45, 7) is 3.76. The molecule has 0 unspecified atom stereocenters. The van der Waals surface area contributed by atoms with E-state index >= 15 is 0 Å². The number of halogens is 4. The molecular weight excluding hydrogens is 539 g/mol. The standard InChI is InChI=1S/C21H19BrF3N5O3S/c1-3-30-19(27-28-20(30)33-15-6-4-13-8-9-26-17(13)11-15)12(2)29-34(31,32)18-7-5-14(10-16(18)22)21(23,24)25/h4-12,26,29H,3H2,1-2H3/t12-/m1/s1. The van der Waals surface area contributed by atoms with E-state index in [2.05, 4.69) is 35.8 Å². The van der Waals surface area contributed by atoms with E-state index in [-0.39, 0.29) is 21.2 Å². The number of aromatic nitrogens is 4. The van der Waals surface area contributed by atoms with E-state index in [1.54, 1.807) is 23.6 Å². The van der Waals surface area contributed by atoms with Crippen LogP contribution in [-0.2, 0) is 22.7 Å². The molecule has 2 heterocycles. The maximum absolute atomic E-state index is 12.9. The zero-order chi connectivity index (χ0) is 24.7. The summed E-state index contributed by atoms with van der Waals surface area (Å²) in [5.74, 6) is 0.801. The van der Waals surface area contributed by atoms with Crippen LogP contribution in [-0.4, -0.2) is 28.2 Å². The highest BCUT2D eigenvalue weighted by atomic mass is 79.9. The summed E-state index contributed by atoms with van der Waals surface area (Å²) < 4.78 is 74.2. The third kappa shape index (κ3) is 4.81. The van der Waals surface area contributed by atoms with Crippen molar-refractivity contribution in [3.8, 4) is 11.8 Å². The Balaban J connectivity index is 1.57. The number of fused-ring (bicyclic) bond motifs is 1. The van der Waals surface area contributed by atoms with Gasteiger partial charge < -0.3 is 9.72 Å². The number of hydrogen-bond acceptors (Lipinski definition) is 5. The first-order chi connectivity index (χ1) is 16.0. The first-order valence-electron chi connectivity index (χ1n) is 10.1. The average Bonchev–Trinajstić information content (AvgIpc) is 3.38. The maximum atomic E-state index is 12.9. The number of ether oxygens (including phenoxy) is 1. The molecule has 2 aromatic heterocycles. The smallest absolute Gasteiger partial charge is 0.416 e. The molecule has 0 aliphatic heterocycles. The molecule has 1 atom stereocenters. The van der Waals surface area contributed by atoms with Crippen LogP contribution in [0.25, 0.3) is 10.9 Å². The number of hydrogen-bond donors (Lipinski definition) is 2. The fourth-order valence-corrected chi connectivity index (χ4v) is 5.71. The van der Waals surface area contributed by atoms with Crippen molar-refractivity contribution in [3.63, 3.8) is 0 Å². The van der Waals surface area contributed by atoms with E-state index < -0.39 is 27.8 Å². The molecular formula is C21H19BrF3N5O3S. The molecule has 2 aromatic carbocycles. The zero-order valence-electron chi connectivity index (χ0n) is 17.9. The van der Waals surface area contributed by atoms with Crippen molar-refractivity contribution >= 4 is 36.9 Å². The van der Waals surface area contributed by atoms with Crippen molar-refractivity contribution in [2.45, 2.75) is 37.5 Å². The largest absolute Gasteiger partial charge is 0.424 e. The van der Waals surface area contributed by atoms with Crippen molar-refractivity contribution in [3.05, 3.63) is 64.5 Å². The van der Waals surface area contributed by atoms with Crippen LogP contribution in [0.2, 0.25) is 0 Å². The summed E-state index contributed by atoms with van der Waals surface area (Å²) in [5, 5.41) is 9.13. The minimum Gasteiger partial charge on any atom is -0.424 e. The number of alkyl halides is 3. The molecule has 4 rings (SSSR count). The lowest BCUT2D eigenvalue weighted by Gasteiger charge is -2.16. The molecule has 0 fully saturated rings. The fourth-order valence-electron chi connectivity index (χ4n) is 3.43. The van der Waals surface area contributed by atoms with Crippen LogP contribution in [0.4, 0.5) is 13.2 Å². The maximum Gasteiger partial charge on any atom is 0.416 e. The van der Waals surface area contributed by atoms with Gasteiger partial charge in [-0.15, -0.1) is 5.10 Å². The zero-order valence-corrected chi connectivity index (χ0v) is 20.3. The van der Waals surface area contributed by atoms with Crippen molar-refractivity contribution in [1.82, 2.24) is 24.5 Å². The Morgan fingerprint density at radius 3 is 2.62 bits per heavy atom. The van der Waals surface area contributed by atoms with Crippen LogP contribution < -0.4 is 9.46 Å². The average molecular weight is 558 g/mol. The molecule has 2 N–H and O–H groups in total. The Kier molecular flexibility index (Phi) is 6.44. The highest BCUT2D eigenvalue weighted by Gasteiger charge is 2.32. The number of aromatic amines is 1. The molecule has 13 heteroatoms. The van der Waals surface area contributed by atoms with Crippen molar-refractivity contribution in [1.29, 1.82) is 0 Å². The van der Waals surface area contributed by atoms with Gasteiger partial charge in [0.05, 0.1) is 16.5 Å². The summed E-state index contributed by atoms with van der Waals surface area (Å²) in [5.41, 5.74) is -0.0834. The van der Waals surface area contributed by atoms with Gasteiger partial charge in [0.15, 0.2) is 5.82 Å². The predicted molar refractivity (Wildman–Crippen MR) is 122 cm³/mol. The summed E-state index contributed by atoms with van der Waals surface area (Å²) >= 11 is 2.93. The van der Waals surface area contributed by atoms with Gasteiger partial charge in [0.2, 0.25) is 10.0 Å². The lowest BCUT2D eigenvalue weighted by atomic mass is 10.2. The third-order valence-corrected chi connectivity index (χ3v) is 7.58. The number of nitrogens with one attached hydrogen (secondary N) is 2. The third-order valence-electron chi connectivity index (χ3n) is 5.07. The summed E-state index contributed by atoms with van der Waals surface area (Å²) in [7, 11) is -4.18. The number of rotatable bonds is 7. The van der Waals surface area contributed by atoms with Crippen LogP contribution in [0.15, 0.2) is 58.0 Å². The SMILES string of the molecule is CCn1c(Oc2ccc3cc[nH]c3c2)nnc1[C@@H](C)NS(=O)(=O)c1ccc(C(F)(F)F)cc1Br. The fraction of sp³-hybridized carbons (Fsp3) is 0.238. The quantitative estimate of drug-likeness (QED) is 0.317. The Hall–Kier alpha value is -2.90. The number of sulfonamides is 1. The highest BCUT2D eigenvalue weighted by Crippen LogP contribution is 2.34. The van der Waals surface area contributed by atoms with Gasteiger partial charge in [-0.2, -0.15) is 13.2 Å². The number of benzene rings is 2. The summed E-state index contributed by atoms with van der Waals surface area (Å²) in [6.07, 6.45) is -2.78. The first-order valence-corrected chi connectivity index (χ1v) is 12.3. The van der Waals surface area contributed by atoms with Crippen LogP contribution in [0.3, 0.4) is 0 Å². The minimum atomic E-state index is -4.59. The second-order valence-corrected chi connectivity index (χ2v) is 9.94. The van der Waals surface area contributed by atoms with Gasteiger partial charge in [-0.25, -0.2) is 13.1 Å². The minimum absolute atomic E-state index is 0.171. The van der Waals surface area contributed by atoms with E-state index in [0.717, 1.165) is 23.0 Å². The van der Waals surface area contributed by atoms with E-state index in [9.17, 15) is 21.6 Å². The molecule has 0 bridgehead atoms. The van der Waals surface area contributed by atoms with Crippen molar-refractivity contribution in [2.24, 2.45) is 0 Å². The Morgan fingerprint density at radius 2 is 1.94 bits per heavy atom. The Morgan fingerprint density at radius 1 is 1.18 bits per heavy atom. The molecule has 0 saturated carbocycles. The lowest BCUT2D eigenvalue weighted by molar-refractivity contribution is -0.137. The van der Waals surface area contributed by atoms with Gasteiger partial charge in [-0.3, -0.25) is 4.57 Å².